The standard InChI is InChI=1S/C14H16N2O2/c1-10-9-16(12-11(10)5-3-8-15-12)14(6-4-7-14)13(17)18-2/h3,5,8-9H,4,6-7H2,1-2H3. The van der Waals surface area contributed by atoms with Crippen LogP contribution in [0.4, 0.5) is 0 Å². The Labute approximate surface area is 106 Å². The molecule has 4 heteroatoms. The Hall–Kier alpha value is -1.84. The first-order chi connectivity index (χ1) is 8.69. The average molecular weight is 244 g/mol. The van der Waals surface area contributed by atoms with Gasteiger partial charge in [0.2, 0.25) is 0 Å². The summed E-state index contributed by atoms with van der Waals surface area (Å²) >= 11 is 0. The molecule has 1 fully saturated rings. The first-order valence-corrected chi connectivity index (χ1v) is 6.20. The molecule has 2 heterocycles. The topological polar surface area (TPSA) is 44.1 Å². The van der Waals surface area contributed by atoms with Crippen molar-refractivity contribution in [3.8, 4) is 0 Å². The Morgan fingerprint density at radius 3 is 2.89 bits per heavy atom. The van der Waals surface area contributed by atoms with Crippen molar-refractivity contribution in [3.05, 3.63) is 30.1 Å². The second kappa shape index (κ2) is 3.83. The van der Waals surface area contributed by atoms with Gasteiger partial charge in [0.1, 0.15) is 11.2 Å². The largest absolute Gasteiger partial charge is 0.467 e. The first-order valence-electron chi connectivity index (χ1n) is 6.20. The fourth-order valence-electron chi connectivity index (χ4n) is 2.79. The van der Waals surface area contributed by atoms with Gasteiger partial charge >= 0.3 is 5.97 Å². The minimum Gasteiger partial charge on any atom is -0.467 e. The Bertz CT molecular complexity index is 611. The van der Waals surface area contributed by atoms with Gasteiger partial charge in [0.25, 0.3) is 0 Å². The van der Waals surface area contributed by atoms with Crippen molar-refractivity contribution < 1.29 is 9.53 Å². The first kappa shape index (κ1) is 11.3. The third kappa shape index (κ3) is 1.32. The van der Waals surface area contributed by atoms with E-state index in [1.54, 1.807) is 6.20 Å². The lowest BCUT2D eigenvalue weighted by molar-refractivity contribution is -0.156. The van der Waals surface area contributed by atoms with Crippen LogP contribution in [0.25, 0.3) is 11.0 Å². The SMILES string of the molecule is COC(=O)C1(n2cc(C)c3cccnc32)CCC1. The third-order valence-electron chi connectivity index (χ3n) is 3.97. The lowest BCUT2D eigenvalue weighted by Gasteiger charge is -2.40. The zero-order valence-electron chi connectivity index (χ0n) is 10.6. The van der Waals surface area contributed by atoms with Gasteiger partial charge in [0.15, 0.2) is 0 Å². The van der Waals surface area contributed by atoms with E-state index in [1.165, 1.54) is 7.11 Å². The maximum Gasteiger partial charge on any atom is 0.332 e. The Kier molecular flexibility index (Phi) is 2.40. The number of ether oxygens (including phenoxy) is 1. The highest BCUT2D eigenvalue weighted by Crippen LogP contribution is 2.42. The van der Waals surface area contributed by atoms with E-state index < -0.39 is 5.54 Å². The van der Waals surface area contributed by atoms with Crippen LogP contribution in [0.3, 0.4) is 0 Å². The minimum absolute atomic E-state index is 0.156. The average Bonchev–Trinajstić information content (AvgIpc) is 2.67. The van der Waals surface area contributed by atoms with Crippen LogP contribution < -0.4 is 0 Å². The molecule has 3 rings (SSSR count). The number of methoxy groups -OCH3 is 1. The zero-order valence-corrected chi connectivity index (χ0v) is 10.6. The smallest absolute Gasteiger partial charge is 0.332 e. The second-order valence-corrected chi connectivity index (χ2v) is 4.93. The van der Waals surface area contributed by atoms with Gasteiger partial charge in [-0.15, -0.1) is 0 Å². The number of carbonyl (C=O) groups is 1. The molecule has 0 unspecified atom stereocenters. The van der Waals surface area contributed by atoms with Gasteiger partial charge < -0.3 is 9.30 Å². The molecule has 0 aliphatic heterocycles. The summed E-state index contributed by atoms with van der Waals surface area (Å²) < 4.78 is 6.99. The number of rotatable bonds is 2. The molecule has 4 nitrogen and oxygen atoms in total. The fourth-order valence-corrected chi connectivity index (χ4v) is 2.79. The van der Waals surface area contributed by atoms with Gasteiger partial charge in [0.05, 0.1) is 7.11 Å². The Morgan fingerprint density at radius 2 is 2.28 bits per heavy atom. The molecule has 2 aromatic heterocycles. The van der Waals surface area contributed by atoms with Gasteiger partial charge in [0, 0.05) is 17.8 Å². The lowest BCUT2D eigenvalue weighted by Crippen LogP contribution is -2.48. The minimum atomic E-state index is -0.532. The Balaban J connectivity index is 2.22. The van der Waals surface area contributed by atoms with Crippen molar-refractivity contribution in [1.82, 2.24) is 9.55 Å². The predicted octanol–water partition coefficient (Wildman–Crippen LogP) is 2.40. The molecule has 94 valence electrons. The van der Waals surface area contributed by atoms with E-state index in [0.29, 0.717) is 0 Å². The van der Waals surface area contributed by atoms with E-state index in [9.17, 15) is 4.79 Å². The van der Waals surface area contributed by atoms with E-state index in [0.717, 1.165) is 35.9 Å². The van der Waals surface area contributed by atoms with Crippen molar-refractivity contribution >= 4 is 17.0 Å². The molecule has 2 aromatic rings. The number of aryl methyl sites for hydroxylation is 1. The normalized spacial score (nSPS) is 17.4. The highest BCUT2D eigenvalue weighted by Gasteiger charge is 2.47. The van der Waals surface area contributed by atoms with Crippen LogP contribution in [0, 0.1) is 6.92 Å². The van der Waals surface area contributed by atoms with Gasteiger partial charge in [-0.25, -0.2) is 9.78 Å². The summed E-state index contributed by atoms with van der Waals surface area (Å²) in [4.78, 5) is 16.5. The number of esters is 1. The maximum absolute atomic E-state index is 12.1. The Morgan fingerprint density at radius 1 is 1.50 bits per heavy atom. The maximum atomic E-state index is 12.1. The van der Waals surface area contributed by atoms with Crippen LogP contribution in [0.1, 0.15) is 24.8 Å². The number of carbonyl (C=O) groups excluding carboxylic acids is 1. The van der Waals surface area contributed by atoms with Crippen LogP contribution in [-0.2, 0) is 15.1 Å². The molecule has 0 atom stereocenters. The molecule has 1 aliphatic rings. The van der Waals surface area contributed by atoms with E-state index >= 15 is 0 Å². The number of hydrogen-bond donors (Lipinski definition) is 0. The molecule has 0 aromatic carbocycles. The molecule has 0 bridgehead atoms. The monoisotopic (exact) mass is 244 g/mol. The van der Waals surface area contributed by atoms with Crippen LogP contribution in [-0.4, -0.2) is 22.6 Å². The van der Waals surface area contributed by atoms with E-state index in [4.69, 9.17) is 4.74 Å². The van der Waals surface area contributed by atoms with Crippen molar-refractivity contribution in [1.29, 1.82) is 0 Å². The quantitative estimate of drug-likeness (QED) is 0.762. The van der Waals surface area contributed by atoms with E-state index in [-0.39, 0.29) is 5.97 Å². The summed E-state index contributed by atoms with van der Waals surface area (Å²) in [5, 5.41) is 1.10. The summed E-state index contributed by atoms with van der Waals surface area (Å²) in [7, 11) is 1.45. The van der Waals surface area contributed by atoms with Crippen LogP contribution >= 0.6 is 0 Å². The van der Waals surface area contributed by atoms with Crippen molar-refractivity contribution in [3.63, 3.8) is 0 Å². The molecule has 0 radical (unpaired) electrons. The van der Waals surface area contributed by atoms with Gasteiger partial charge in [-0.1, -0.05) is 0 Å². The summed E-state index contributed by atoms with van der Waals surface area (Å²) in [5.74, 6) is -0.156. The van der Waals surface area contributed by atoms with Gasteiger partial charge in [-0.2, -0.15) is 0 Å². The lowest BCUT2D eigenvalue weighted by atomic mass is 9.76. The molecular weight excluding hydrogens is 228 g/mol. The molecule has 0 amide bonds. The highest BCUT2D eigenvalue weighted by atomic mass is 16.5. The van der Waals surface area contributed by atoms with E-state index in [2.05, 4.69) is 4.98 Å². The molecule has 0 saturated heterocycles. The van der Waals surface area contributed by atoms with Crippen LogP contribution in [0.5, 0.6) is 0 Å². The molecular formula is C14H16N2O2. The number of pyridine rings is 1. The zero-order chi connectivity index (χ0) is 12.8. The molecule has 0 N–H and O–H groups in total. The van der Waals surface area contributed by atoms with Crippen molar-refractivity contribution in [2.24, 2.45) is 0 Å². The molecule has 0 spiro atoms. The number of fused-ring (bicyclic) bond motifs is 1. The summed E-state index contributed by atoms with van der Waals surface area (Å²) in [6.45, 7) is 2.05. The van der Waals surface area contributed by atoms with Crippen LogP contribution in [0.15, 0.2) is 24.5 Å². The number of aromatic nitrogens is 2. The number of hydrogen-bond acceptors (Lipinski definition) is 3. The van der Waals surface area contributed by atoms with Gasteiger partial charge in [-0.05, 0) is 43.9 Å². The molecule has 1 aliphatic carbocycles. The number of nitrogens with zero attached hydrogens (tertiary/aromatic N) is 2. The summed E-state index contributed by atoms with van der Waals surface area (Å²) in [6, 6.07) is 3.96. The van der Waals surface area contributed by atoms with E-state index in [1.807, 2.05) is 29.8 Å². The van der Waals surface area contributed by atoms with Crippen LogP contribution in [0.2, 0.25) is 0 Å². The summed E-state index contributed by atoms with van der Waals surface area (Å²) in [5.41, 5.74) is 1.49. The highest BCUT2D eigenvalue weighted by molar-refractivity contribution is 5.86. The summed E-state index contributed by atoms with van der Waals surface area (Å²) in [6.07, 6.45) is 6.51. The predicted molar refractivity (Wildman–Crippen MR) is 68.3 cm³/mol. The van der Waals surface area contributed by atoms with Gasteiger partial charge in [-0.3, -0.25) is 0 Å². The van der Waals surface area contributed by atoms with Crippen molar-refractivity contribution in [2.75, 3.05) is 7.11 Å². The third-order valence-corrected chi connectivity index (χ3v) is 3.97. The fraction of sp³-hybridized carbons (Fsp3) is 0.429. The van der Waals surface area contributed by atoms with Crippen molar-refractivity contribution in [2.45, 2.75) is 31.7 Å². The second-order valence-electron chi connectivity index (χ2n) is 4.93. The molecule has 1 saturated carbocycles. The molecule has 18 heavy (non-hydrogen) atoms.